The molecule has 1 fully saturated rings. The van der Waals surface area contributed by atoms with Gasteiger partial charge in [-0.2, -0.15) is 0 Å². The minimum absolute atomic E-state index is 0.0867. The quantitative estimate of drug-likeness (QED) is 0.815. The number of carbonyl (C=O) groups is 1. The van der Waals surface area contributed by atoms with Gasteiger partial charge in [-0.15, -0.1) is 0 Å². The van der Waals surface area contributed by atoms with Gasteiger partial charge in [0.2, 0.25) is 0 Å². The van der Waals surface area contributed by atoms with Crippen molar-refractivity contribution < 1.29 is 4.79 Å². The van der Waals surface area contributed by atoms with Crippen molar-refractivity contribution in [1.29, 1.82) is 0 Å². The van der Waals surface area contributed by atoms with Crippen LogP contribution < -0.4 is 4.90 Å². The Kier molecular flexibility index (Phi) is 4.81. The van der Waals surface area contributed by atoms with E-state index in [-0.39, 0.29) is 5.91 Å². The minimum Gasteiger partial charge on any atom is -0.368 e. The Balaban J connectivity index is 1.70. The van der Waals surface area contributed by atoms with Crippen LogP contribution in [0.1, 0.15) is 27.0 Å². The fraction of sp³-hybridized carbons (Fsp3) is 0.350. The Bertz CT molecular complexity index is 724. The molecule has 0 aliphatic carbocycles. The van der Waals surface area contributed by atoms with Crippen molar-refractivity contribution in [2.75, 3.05) is 31.1 Å². The third kappa shape index (κ3) is 3.41. The molecule has 0 atom stereocenters. The summed E-state index contributed by atoms with van der Waals surface area (Å²) in [6, 6.07) is 11.6. The predicted octanol–water partition coefficient (Wildman–Crippen LogP) is 4.23. The summed E-state index contributed by atoms with van der Waals surface area (Å²) >= 11 is 5.90. The van der Waals surface area contributed by atoms with Crippen LogP contribution in [0.25, 0.3) is 0 Å². The molecule has 1 saturated heterocycles. The third-order valence-electron chi connectivity index (χ3n) is 4.61. The second kappa shape index (κ2) is 6.86. The molecule has 0 saturated carbocycles. The molecule has 4 heteroatoms. The summed E-state index contributed by atoms with van der Waals surface area (Å²) in [7, 11) is 0. The van der Waals surface area contributed by atoms with Gasteiger partial charge in [-0.25, -0.2) is 0 Å². The van der Waals surface area contributed by atoms with E-state index in [0.717, 1.165) is 26.2 Å². The Labute approximate surface area is 148 Å². The lowest BCUT2D eigenvalue weighted by atomic mass is 10.0. The van der Waals surface area contributed by atoms with Crippen molar-refractivity contribution in [3.05, 3.63) is 63.7 Å². The maximum Gasteiger partial charge on any atom is 0.253 e. The molecule has 24 heavy (non-hydrogen) atoms. The molecule has 1 aliphatic rings. The average molecular weight is 343 g/mol. The Hall–Kier alpha value is -2.00. The number of aryl methyl sites for hydroxylation is 3. The summed E-state index contributed by atoms with van der Waals surface area (Å²) in [5.74, 6) is 0.0867. The standard InChI is InChI=1S/C20H23ClN2O/c1-14-12-15(2)19(16(3)13-14)22-8-10-23(11-9-22)20(24)17-4-6-18(21)7-5-17/h4-7,12-13H,8-11H2,1-3H3. The van der Waals surface area contributed by atoms with E-state index < -0.39 is 0 Å². The number of hydrogen-bond acceptors (Lipinski definition) is 2. The van der Waals surface area contributed by atoms with E-state index >= 15 is 0 Å². The number of halogens is 1. The summed E-state index contributed by atoms with van der Waals surface area (Å²) in [4.78, 5) is 16.9. The zero-order valence-corrected chi connectivity index (χ0v) is 15.2. The monoisotopic (exact) mass is 342 g/mol. The molecule has 0 bridgehead atoms. The number of anilines is 1. The lowest BCUT2D eigenvalue weighted by molar-refractivity contribution is 0.0747. The van der Waals surface area contributed by atoms with Gasteiger partial charge >= 0.3 is 0 Å². The number of rotatable bonds is 2. The number of hydrogen-bond donors (Lipinski definition) is 0. The fourth-order valence-corrected chi connectivity index (χ4v) is 3.71. The highest BCUT2D eigenvalue weighted by Gasteiger charge is 2.23. The number of piperazine rings is 1. The van der Waals surface area contributed by atoms with Gasteiger partial charge in [0, 0.05) is 42.5 Å². The van der Waals surface area contributed by atoms with E-state index in [4.69, 9.17) is 11.6 Å². The third-order valence-corrected chi connectivity index (χ3v) is 4.86. The Morgan fingerprint density at radius 1 is 0.917 bits per heavy atom. The second-order valence-electron chi connectivity index (χ2n) is 6.53. The van der Waals surface area contributed by atoms with Crippen LogP contribution in [0.4, 0.5) is 5.69 Å². The molecular formula is C20H23ClN2O. The van der Waals surface area contributed by atoms with Gasteiger partial charge in [-0.1, -0.05) is 29.3 Å². The van der Waals surface area contributed by atoms with Gasteiger partial charge in [-0.3, -0.25) is 4.79 Å². The summed E-state index contributed by atoms with van der Waals surface area (Å²) in [6.07, 6.45) is 0. The van der Waals surface area contributed by atoms with Crippen LogP contribution in [0.3, 0.4) is 0 Å². The second-order valence-corrected chi connectivity index (χ2v) is 6.97. The van der Waals surface area contributed by atoms with Gasteiger partial charge in [0.15, 0.2) is 0 Å². The first kappa shape index (κ1) is 16.8. The minimum atomic E-state index is 0.0867. The van der Waals surface area contributed by atoms with Gasteiger partial charge in [-0.05, 0) is 56.2 Å². The van der Waals surface area contributed by atoms with Gasteiger partial charge < -0.3 is 9.80 Å². The lowest BCUT2D eigenvalue weighted by Gasteiger charge is -2.37. The maximum atomic E-state index is 12.6. The van der Waals surface area contributed by atoms with Gasteiger partial charge in [0.1, 0.15) is 0 Å². The Morgan fingerprint density at radius 3 is 2.00 bits per heavy atom. The van der Waals surface area contributed by atoms with E-state index in [9.17, 15) is 4.79 Å². The summed E-state index contributed by atoms with van der Waals surface area (Å²) in [5, 5.41) is 0.654. The van der Waals surface area contributed by atoms with Gasteiger partial charge in [0.25, 0.3) is 5.91 Å². The highest BCUT2D eigenvalue weighted by atomic mass is 35.5. The highest BCUT2D eigenvalue weighted by Crippen LogP contribution is 2.27. The van der Waals surface area contributed by atoms with E-state index in [1.807, 2.05) is 4.90 Å². The maximum absolute atomic E-state index is 12.6. The molecule has 2 aromatic rings. The van der Waals surface area contributed by atoms with Crippen molar-refractivity contribution >= 4 is 23.2 Å². The molecule has 1 amide bonds. The molecule has 2 aromatic carbocycles. The summed E-state index contributed by atoms with van der Waals surface area (Å²) in [5.41, 5.74) is 5.94. The molecule has 0 unspecified atom stereocenters. The first-order chi connectivity index (χ1) is 11.5. The average Bonchev–Trinajstić information content (AvgIpc) is 2.54. The van der Waals surface area contributed by atoms with Crippen molar-refractivity contribution in [1.82, 2.24) is 4.90 Å². The van der Waals surface area contributed by atoms with Crippen molar-refractivity contribution in [2.24, 2.45) is 0 Å². The van der Waals surface area contributed by atoms with E-state index in [1.165, 1.54) is 22.4 Å². The molecule has 0 aromatic heterocycles. The molecule has 3 nitrogen and oxygen atoms in total. The topological polar surface area (TPSA) is 23.6 Å². The molecule has 0 spiro atoms. The molecule has 0 radical (unpaired) electrons. The summed E-state index contributed by atoms with van der Waals surface area (Å²) < 4.78 is 0. The molecular weight excluding hydrogens is 320 g/mol. The first-order valence-corrected chi connectivity index (χ1v) is 8.71. The van der Waals surface area contributed by atoms with Crippen LogP contribution in [0.15, 0.2) is 36.4 Å². The molecule has 1 heterocycles. The molecule has 1 aliphatic heterocycles. The number of carbonyl (C=O) groups excluding carboxylic acids is 1. The predicted molar refractivity (Wildman–Crippen MR) is 100 cm³/mol. The molecule has 126 valence electrons. The first-order valence-electron chi connectivity index (χ1n) is 8.33. The SMILES string of the molecule is Cc1cc(C)c(N2CCN(C(=O)c3ccc(Cl)cc3)CC2)c(C)c1. The van der Waals surface area contributed by atoms with Crippen molar-refractivity contribution in [3.8, 4) is 0 Å². The van der Waals surface area contributed by atoms with Crippen LogP contribution in [0, 0.1) is 20.8 Å². The number of benzene rings is 2. The highest BCUT2D eigenvalue weighted by molar-refractivity contribution is 6.30. The normalized spacial score (nSPS) is 14.8. The number of amides is 1. The Morgan fingerprint density at radius 2 is 1.46 bits per heavy atom. The zero-order valence-electron chi connectivity index (χ0n) is 14.5. The van der Waals surface area contributed by atoms with Gasteiger partial charge in [0.05, 0.1) is 0 Å². The summed E-state index contributed by atoms with van der Waals surface area (Å²) in [6.45, 7) is 9.68. The van der Waals surface area contributed by atoms with Crippen LogP contribution >= 0.6 is 11.6 Å². The molecule has 3 rings (SSSR count). The van der Waals surface area contributed by atoms with E-state index in [2.05, 4.69) is 37.8 Å². The molecule has 0 N–H and O–H groups in total. The fourth-order valence-electron chi connectivity index (χ4n) is 3.58. The van der Waals surface area contributed by atoms with E-state index in [0.29, 0.717) is 10.6 Å². The van der Waals surface area contributed by atoms with Crippen LogP contribution in [0.2, 0.25) is 5.02 Å². The van der Waals surface area contributed by atoms with E-state index in [1.54, 1.807) is 24.3 Å². The van der Waals surface area contributed by atoms with Crippen LogP contribution in [-0.4, -0.2) is 37.0 Å². The largest absolute Gasteiger partial charge is 0.368 e. The van der Waals surface area contributed by atoms with Crippen LogP contribution in [-0.2, 0) is 0 Å². The number of nitrogens with zero attached hydrogens (tertiary/aromatic N) is 2. The smallest absolute Gasteiger partial charge is 0.253 e. The van der Waals surface area contributed by atoms with Crippen molar-refractivity contribution in [2.45, 2.75) is 20.8 Å². The van der Waals surface area contributed by atoms with Crippen molar-refractivity contribution in [3.63, 3.8) is 0 Å². The zero-order chi connectivity index (χ0) is 17.3. The van der Waals surface area contributed by atoms with Crippen LogP contribution in [0.5, 0.6) is 0 Å². The lowest BCUT2D eigenvalue weighted by Crippen LogP contribution is -2.49.